The summed E-state index contributed by atoms with van der Waals surface area (Å²) < 4.78 is 5.60. The van der Waals surface area contributed by atoms with Crippen LogP contribution in [-0.4, -0.2) is 44.1 Å². The normalized spacial score (nSPS) is 15.9. The molecular formula is C15H21ClN2O2. The van der Waals surface area contributed by atoms with E-state index in [4.69, 9.17) is 16.3 Å². The van der Waals surface area contributed by atoms with Crippen LogP contribution in [0.3, 0.4) is 0 Å². The first-order valence-corrected chi connectivity index (χ1v) is 7.38. The lowest BCUT2D eigenvalue weighted by Crippen LogP contribution is -2.40. The zero-order valence-electron chi connectivity index (χ0n) is 11.8. The van der Waals surface area contributed by atoms with Gasteiger partial charge in [-0.2, -0.15) is 0 Å². The number of piperidine rings is 1. The molecular weight excluding hydrogens is 276 g/mol. The van der Waals surface area contributed by atoms with Crippen molar-refractivity contribution in [3.8, 4) is 5.75 Å². The zero-order chi connectivity index (χ0) is 14.4. The molecule has 110 valence electrons. The molecule has 0 aromatic heterocycles. The fourth-order valence-electron chi connectivity index (χ4n) is 2.32. The number of rotatable bonds is 5. The summed E-state index contributed by atoms with van der Waals surface area (Å²) in [6.07, 6.45) is 1.86. The standard InChI is InChI=1S/C15H21ClN2O2/c1-18(15(19)12-6-8-17-9-7-12)10-11-20-14-4-2-13(16)3-5-14/h2-5,12,17H,6-11H2,1H3. The smallest absolute Gasteiger partial charge is 0.225 e. The van der Waals surface area contributed by atoms with Crippen LogP contribution in [0, 0.1) is 5.92 Å². The van der Waals surface area contributed by atoms with Crippen molar-refractivity contribution in [1.29, 1.82) is 0 Å². The molecule has 1 fully saturated rings. The summed E-state index contributed by atoms with van der Waals surface area (Å²) >= 11 is 5.81. The summed E-state index contributed by atoms with van der Waals surface area (Å²) in [4.78, 5) is 14.0. The third-order valence-corrected chi connectivity index (χ3v) is 3.83. The Hall–Kier alpha value is -1.26. The minimum atomic E-state index is 0.164. The van der Waals surface area contributed by atoms with Crippen LogP contribution in [0.25, 0.3) is 0 Å². The largest absolute Gasteiger partial charge is 0.492 e. The van der Waals surface area contributed by atoms with E-state index in [1.807, 2.05) is 19.2 Å². The molecule has 1 aromatic rings. The minimum Gasteiger partial charge on any atom is -0.492 e. The topological polar surface area (TPSA) is 41.6 Å². The highest BCUT2D eigenvalue weighted by molar-refractivity contribution is 6.30. The fourth-order valence-corrected chi connectivity index (χ4v) is 2.45. The molecule has 1 aliphatic rings. The number of amides is 1. The van der Waals surface area contributed by atoms with Gasteiger partial charge in [0.1, 0.15) is 12.4 Å². The summed E-state index contributed by atoms with van der Waals surface area (Å²) in [5.74, 6) is 1.17. The number of likely N-dealkylation sites (N-methyl/N-ethyl adjacent to an activating group) is 1. The zero-order valence-corrected chi connectivity index (χ0v) is 12.5. The number of nitrogens with zero attached hydrogens (tertiary/aromatic N) is 1. The van der Waals surface area contributed by atoms with Gasteiger partial charge in [0, 0.05) is 18.0 Å². The highest BCUT2D eigenvalue weighted by Gasteiger charge is 2.23. The monoisotopic (exact) mass is 296 g/mol. The molecule has 2 rings (SSSR count). The number of carbonyl (C=O) groups excluding carboxylic acids is 1. The van der Waals surface area contributed by atoms with E-state index >= 15 is 0 Å². The lowest BCUT2D eigenvalue weighted by atomic mass is 9.97. The molecule has 5 heteroatoms. The molecule has 0 bridgehead atoms. The van der Waals surface area contributed by atoms with Crippen LogP contribution in [-0.2, 0) is 4.79 Å². The Kier molecular flexibility index (Phi) is 5.68. The van der Waals surface area contributed by atoms with Gasteiger partial charge in [-0.05, 0) is 50.2 Å². The summed E-state index contributed by atoms with van der Waals surface area (Å²) in [6, 6.07) is 7.25. The molecule has 0 spiro atoms. The van der Waals surface area contributed by atoms with Gasteiger partial charge in [0.25, 0.3) is 0 Å². The summed E-state index contributed by atoms with van der Waals surface area (Å²) in [6.45, 7) is 2.97. The van der Waals surface area contributed by atoms with E-state index in [0.717, 1.165) is 31.7 Å². The molecule has 1 amide bonds. The van der Waals surface area contributed by atoms with Crippen molar-refractivity contribution in [2.45, 2.75) is 12.8 Å². The van der Waals surface area contributed by atoms with Crippen LogP contribution in [0.4, 0.5) is 0 Å². The van der Waals surface area contributed by atoms with E-state index in [0.29, 0.717) is 18.2 Å². The first-order chi connectivity index (χ1) is 9.66. The average molecular weight is 297 g/mol. The Bertz CT molecular complexity index is 430. The molecule has 1 aromatic carbocycles. The van der Waals surface area contributed by atoms with E-state index in [-0.39, 0.29) is 11.8 Å². The van der Waals surface area contributed by atoms with Gasteiger partial charge >= 0.3 is 0 Å². The van der Waals surface area contributed by atoms with Gasteiger partial charge in [0.2, 0.25) is 5.91 Å². The molecule has 1 aliphatic heterocycles. The minimum absolute atomic E-state index is 0.164. The lowest BCUT2D eigenvalue weighted by molar-refractivity contribution is -0.135. The SMILES string of the molecule is CN(CCOc1ccc(Cl)cc1)C(=O)C1CCNCC1. The van der Waals surface area contributed by atoms with Gasteiger partial charge in [-0.15, -0.1) is 0 Å². The lowest BCUT2D eigenvalue weighted by Gasteiger charge is -2.26. The second-order valence-corrected chi connectivity index (χ2v) is 5.52. The maximum atomic E-state index is 12.2. The van der Waals surface area contributed by atoms with Crippen LogP contribution >= 0.6 is 11.6 Å². The Balaban J connectivity index is 1.72. The van der Waals surface area contributed by atoms with Crippen LogP contribution in [0.2, 0.25) is 5.02 Å². The third kappa shape index (κ3) is 4.39. The number of hydrogen-bond donors (Lipinski definition) is 1. The van der Waals surface area contributed by atoms with Crippen LogP contribution in [0.1, 0.15) is 12.8 Å². The van der Waals surface area contributed by atoms with Crippen molar-refractivity contribution in [2.75, 3.05) is 33.3 Å². The molecule has 1 N–H and O–H groups in total. The first kappa shape index (κ1) is 15.1. The number of halogens is 1. The number of nitrogens with one attached hydrogen (secondary N) is 1. The van der Waals surface area contributed by atoms with Gasteiger partial charge in [-0.1, -0.05) is 11.6 Å². The van der Waals surface area contributed by atoms with E-state index in [1.165, 1.54) is 0 Å². The predicted octanol–water partition coefficient (Wildman–Crippen LogP) is 2.18. The number of carbonyl (C=O) groups is 1. The van der Waals surface area contributed by atoms with E-state index in [1.54, 1.807) is 17.0 Å². The van der Waals surface area contributed by atoms with Gasteiger partial charge in [-0.25, -0.2) is 0 Å². The van der Waals surface area contributed by atoms with E-state index in [2.05, 4.69) is 5.32 Å². The van der Waals surface area contributed by atoms with Crippen LogP contribution in [0.5, 0.6) is 5.75 Å². The Morgan fingerprint density at radius 2 is 2.00 bits per heavy atom. The van der Waals surface area contributed by atoms with Crippen molar-refractivity contribution in [1.82, 2.24) is 10.2 Å². The van der Waals surface area contributed by atoms with E-state index in [9.17, 15) is 4.79 Å². The van der Waals surface area contributed by atoms with Crippen molar-refractivity contribution >= 4 is 17.5 Å². The third-order valence-electron chi connectivity index (χ3n) is 3.57. The Morgan fingerprint density at radius 1 is 1.35 bits per heavy atom. The average Bonchev–Trinajstić information content (AvgIpc) is 2.49. The Morgan fingerprint density at radius 3 is 2.65 bits per heavy atom. The molecule has 0 saturated carbocycles. The molecule has 20 heavy (non-hydrogen) atoms. The quantitative estimate of drug-likeness (QED) is 0.905. The first-order valence-electron chi connectivity index (χ1n) is 7.01. The molecule has 1 heterocycles. The fraction of sp³-hybridized carbons (Fsp3) is 0.533. The maximum absolute atomic E-state index is 12.2. The predicted molar refractivity (Wildman–Crippen MR) is 80.2 cm³/mol. The number of benzene rings is 1. The summed E-state index contributed by atoms with van der Waals surface area (Å²) in [5.41, 5.74) is 0. The summed E-state index contributed by atoms with van der Waals surface area (Å²) in [7, 11) is 1.84. The molecule has 4 nitrogen and oxygen atoms in total. The van der Waals surface area contributed by atoms with Crippen molar-refractivity contribution in [3.63, 3.8) is 0 Å². The second-order valence-electron chi connectivity index (χ2n) is 5.09. The van der Waals surface area contributed by atoms with Crippen molar-refractivity contribution in [2.24, 2.45) is 5.92 Å². The highest BCUT2D eigenvalue weighted by Crippen LogP contribution is 2.16. The number of hydrogen-bond acceptors (Lipinski definition) is 3. The van der Waals surface area contributed by atoms with Gasteiger partial charge in [-0.3, -0.25) is 4.79 Å². The van der Waals surface area contributed by atoms with Gasteiger partial charge in [0.05, 0.1) is 6.54 Å². The van der Waals surface area contributed by atoms with E-state index < -0.39 is 0 Å². The van der Waals surface area contributed by atoms with Crippen molar-refractivity contribution < 1.29 is 9.53 Å². The molecule has 0 atom stereocenters. The van der Waals surface area contributed by atoms with Crippen LogP contribution < -0.4 is 10.1 Å². The molecule has 0 aliphatic carbocycles. The second kappa shape index (κ2) is 7.50. The van der Waals surface area contributed by atoms with Crippen LogP contribution in [0.15, 0.2) is 24.3 Å². The Labute approximate surface area is 125 Å². The molecule has 1 saturated heterocycles. The molecule has 0 radical (unpaired) electrons. The maximum Gasteiger partial charge on any atom is 0.225 e. The van der Waals surface area contributed by atoms with Gasteiger partial charge in [0.15, 0.2) is 0 Å². The van der Waals surface area contributed by atoms with Crippen molar-refractivity contribution in [3.05, 3.63) is 29.3 Å². The highest BCUT2D eigenvalue weighted by atomic mass is 35.5. The number of ether oxygens (including phenoxy) is 1. The molecule has 0 unspecified atom stereocenters. The summed E-state index contributed by atoms with van der Waals surface area (Å²) in [5, 5.41) is 3.96. The van der Waals surface area contributed by atoms with Gasteiger partial charge < -0.3 is 15.0 Å².